The molecule has 8 nitrogen and oxygen atoms in total. The molecule has 3 amide bonds. The fraction of sp³-hybridized carbons (Fsp3) is 0.579. The second-order valence-corrected chi connectivity index (χ2v) is 9.21. The summed E-state index contributed by atoms with van der Waals surface area (Å²) in [6.45, 7) is 6.97. The van der Waals surface area contributed by atoms with E-state index < -0.39 is 10.0 Å². The number of rotatable bonds is 7. The molecule has 1 fully saturated rings. The largest absolute Gasteiger partial charge is 0.352 e. The number of sulfonamides is 1. The molecule has 1 saturated heterocycles. The molecule has 0 aromatic heterocycles. The maximum absolute atomic E-state index is 12.7. The van der Waals surface area contributed by atoms with Gasteiger partial charge in [0.1, 0.15) is 0 Å². The molecular weight excluding hydrogens is 416 g/mol. The van der Waals surface area contributed by atoms with Crippen LogP contribution in [-0.2, 0) is 14.8 Å². The van der Waals surface area contributed by atoms with Crippen LogP contribution in [0.4, 0.5) is 10.5 Å². The molecule has 2 N–H and O–H groups in total. The van der Waals surface area contributed by atoms with Gasteiger partial charge in [0.2, 0.25) is 15.9 Å². The van der Waals surface area contributed by atoms with Gasteiger partial charge in [-0.3, -0.25) is 4.79 Å². The molecule has 1 aromatic rings. The average molecular weight is 445 g/mol. The molecule has 0 aliphatic carbocycles. The number of anilines is 1. The lowest BCUT2D eigenvalue weighted by atomic mass is 10.1. The van der Waals surface area contributed by atoms with Crippen molar-refractivity contribution in [1.29, 1.82) is 0 Å². The third kappa shape index (κ3) is 5.83. The number of nitrogens with one attached hydrogen (secondary N) is 2. The summed E-state index contributed by atoms with van der Waals surface area (Å²) >= 11 is 6.19. The zero-order valence-electron chi connectivity index (χ0n) is 17.1. The molecule has 1 aliphatic heterocycles. The van der Waals surface area contributed by atoms with Crippen LogP contribution < -0.4 is 10.6 Å². The number of hydrogen-bond donors (Lipinski definition) is 2. The SMILES string of the molecule is CCC(=O)NC1CCCN(C(=O)Nc2cc(S(=O)(=O)N(CC)CC)ccc2Cl)C1. The van der Waals surface area contributed by atoms with E-state index in [-0.39, 0.29) is 33.6 Å². The summed E-state index contributed by atoms with van der Waals surface area (Å²) in [5.74, 6) is -0.0467. The van der Waals surface area contributed by atoms with E-state index in [4.69, 9.17) is 11.6 Å². The molecular formula is C19H29ClN4O4S. The lowest BCUT2D eigenvalue weighted by Gasteiger charge is -2.33. The van der Waals surface area contributed by atoms with Crippen molar-refractivity contribution in [3.63, 3.8) is 0 Å². The summed E-state index contributed by atoms with van der Waals surface area (Å²) in [6, 6.07) is 3.82. The zero-order valence-corrected chi connectivity index (χ0v) is 18.6. The van der Waals surface area contributed by atoms with Crippen LogP contribution in [0.3, 0.4) is 0 Å². The summed E-state index contributed by atoms with van der Waals surface area (Å²) in [5, 5.41) is 5.88. The van der Waals surface area contributed by atoms with Crippen molar-refractivity contribution in [2.24, 2.45) is 0 Å². The van der Waals surface area contributed by atoms with E-state index in [1.54, 1.807) is 25.7 Å². The number of urea groups is 1. The summed E-state index contributed by atoms with van der Waals surface area (Å²) < 4.78 is 26.8. The Bertz CT molecular complexity index is 843. The van der Waals surface area contributed by atoms with E-state index in [9.17, 15) is 18.0 Å². The summed E-state index contributed by atoms with van der Waals surface area (Å²) in [4.78, 5) is 26.0. The first-order valence-electron chi connectivity index (χ1n) is 9.87. The van der Waals surface area contributed by atoms with Crippen LogP contribution >= 0.6 is 11.6 Å². The molecule has 0 radical (unpaired) electrons. The maximum Gasteiger partial charge on any atom is 0.321 e. The predicted octanol–water partition coefficient (Wildman–Crippen LogP) is 2.89. The van der Waals surface area contributed by atoms with Crippen molar-refractivity contribution in [3.05, 3.63) is 23.2 Å². The highest BCUT2D eigenvalue weighted by Crippen LogP contribution is 2.27. The minimum atomic E-state index is -3.66. The smallest absolute Gasteiger partial charge is 0.321 e. The van der Waals surface area contributed by atoms with Gasteiger partial charge >= 0.3 is 6.03 Å². The van der Waals surface area contributed by atoms with E-state index in [0.29, 0.717) is 32.6 Å². The Kier molecular flexibility index (Phi) is 8.30. The Hall–Kier alpha value is -1.84. The molecule has 1 unspecified atom stereocenters. The number of carbonyl (C=O) groups is 2. The monoisotopic (exact) mass is 444 g/mol. The number of hydrogen-bond acceptors (Lipinski definition) is 4. The van der Waals surface area contributed by atoms with Crippen molar-refractivity contribution in [2.75, 3.05) is 31.5 Å². The molecule has 1 aliphatic rings. The zero-order chi connectivity index (χ0) is 21.6. The number of benzene rings is 1. The van der Waals surface area contributed by atoms with Crippen LogP contribution in [0.15, 0.2) is 23.1 Å². The quantitative estimate of drug-likeness (QED) is 0.675. The van der Waals surface area contributed by atoms with Crippen LogP contribution in [0.1, 0.15) is 40.0 Å². The van der Waals surface area contributed by atoms with Gasteiger partial charge in [-0.2, -0.15) is 4.31 Å². The van der Waals surface area contributed by atoms with E-state index >= 15 is 0 Å². The van der Waals surface area contributed by atoms with Gasteiger partial charge in [0.05, 0.1) is 15.6 Å². The van der Waals surface area contributed by atoms with E-state index in [2.05, 4.69) is 10.6 Å². The summed E-state index contributed by atoms with van der Waals surface area (Å²) in [6.07, 6.45) is 1.98. The van der Waals surface area contributed by atoms with Gasteiger partial charge in [-0.25, -0.2) is 13.2 Å². The van der Waals surface area contributed by atoms with Gasteiger partial charge < -0.3 is 15.5 Å². The highest BCUT2D eigenvalue weighted by atomic mass is 35.5. The number of nitrogens with zero attached hydrogens (tertiary/aromatic N) is 2. The molecule has 2 rings (SSSR count). The average Bonchev–Trinajstić information content (AvgIpc) is 2.70. The molecule has 1 atom stereocenters. The standard InChI is InChI=1S/C19H29ClN4O4S/c1-4-18(25)21-14-8-7-11-23(13-14)19(26)22-17-12-15(9-10-16(17)20)29(27,28)24(5-2)6-3/h9-10,12,14H,4-8,11,13H2,1-3H3,(H,21,25)(H,22,26). The van der Waals surface area contributed by atoms with E-state index in [0.717, 1.165) is 12.8 Å². The normalized spacial score (nSPS) is 17.3. The first-order chi connectivity index (χ1) is 13.7. The second-order valence-electron chi connectivity index (χ2n) is 6.87. The molecule has 162 valence electrons. The van der Waals surface area contributed by atoms with E-state index in [1.165, 1.54) is 22.5 Å². The molecule has 1 aromatic carbocycles. The number of halogens is 1. The Morgan fingerprint density at radius 2 is 1.93 bits per heavy atom. The molecule has 0 saturated carbocycles. The highest BCUT2D eigenvalue weighted by molar-refractivity contribution is 7.89. The van der Waals surface area contributed by atoms with Crippen LogP contribution in [0.2, 0.25) is 5.02 Å². The highest BCUT2D eigenvalue weighted by Gasteiger charge is 2.26. The molecule has 0 bridgehead atoms. The molecule has 10 heteroatoms. The van der Waals surface area contributed by atoms with Gasteiger partial charge in [0, 0.05) is 38.6 Å². The fourth-order valence-electron chi connectivity index (χ4n) is 3.28. The topological polar surface area (TPSA) is 98.8 Å². The van der Waals surface area contributed by atoms with Gasteiger partial charge in [-0.05, 0) is 31.0 Å². The van der Waals surface area contributed by atoms with Crippen molar-refractivity contribution in [1.82, 2.24) is 14.5 Å². The summed E-state index contributed by atoms with van der Waals surface area (Å²) in [5.41, 5.74) is 0.240. The number of amides is 3. The van der Waals surface area contributed by atoms with Crippen LogP contribution in [-0.4, -0.2) is 61.8 Å². The second kappa shape index (κ2) is 10.3. The summed E-state index contributed by atoms with van der Waals surface area (Å²) in [7, 11) is -3.66. The Labute approximate surface area is 177 Å². The van der Waals surface area contributed by atoms with Gasteiger partial charge in [-0.15, -0.1) is 0 Å². The van der Waals surface area contributed by atoms with Crippen molar-refractivity contribution < 1.29 is 18.0 Å². The Morgan fingerprint density at radius 3 is 2.55 bits per heavy atom. The van der Waals surface area contributed by atoms with E-state index in [1.807, 2.05) is 0 Å². The maximum atomic E-state index is 12.7. The van der Waals surface area contributed by atoms with Crippen LogP contribution in [0.25, 0.3) is 0 Å². The number of carbonyl (C=O) groups excluding carboxylic acids is 2. The lowest BCUT2D eigenvalue weighted by molar-refractivity contribution is -0.121. The Morgan fingerprint density at radius 1 is 1.24 bits per heavy atom. The van der Waals surface area contributed by atoms with Crippen molar-refractivity contribution in [2.45, 2.75) is 51.0 Å². The molecule has 0 spiro atoms. The fourth-order valence-corrected chi connectivity index (χ4v) is 4.93. The van der Waals surface area contributed by atoms with Gasteiger partial charge in [-0.1, -0.05) is 32.4 Å². The predicted molar refractivity (Wildman–Crippen MR) is 114 cm³/mol. The van der Waals surface area contributed by atoms with Crippen molar-refractivity contribution >= 4 is 39.2 Å². The minimum Gasteiger partial charge on any atom is -0.352 e. The third-order valence-corrected chi connectivity index (χ3v) is 7.29. The first kappa shape index (κ1) is 23.4. The van der Waals surface area contributed by atoms with Crippen LogP contribution in [0, 0.1) is 0 Å². The first-order valence-corrected chi connectivity index (χ1v) is 11.7. The minimum absolute atomic E-state index is 0.0467. The number of piperidine rings is 1. The number of likely N-dealkylation sites (tertiary alicyclic amines) is 1. The molecule has 1 heterocycles. The Balaban J connectivity index is 2.15. The van der Waals surface area contributed by atoms with Crippen molar-refractivity contribution in [3.8, 4) is 0 Å². The third-order valence-electron chi connectivity index (χ3n) is 4.92. The van der Waals surface area contributed by atoms with Gasteiger partial charge in [0.15, 0.2) is 0 Å². The van der Waals surface area contributed by atoms with Gasteiger partial charge in [0.25, 0.3) is 0 Å². The lowest BCUT2D eigenvalue weighted by Crippen LogP contribution is -2.50. The molecule has 29 heavy (non-hydrogen) atoms. The van der Waals surface area contributed by atoms with Crippen LogP contribution in [0.5, 0.6) is 0 Å².